The largest absolute Gasteiger partial charge is 0.490 e. The van der Waals surface area contributed by atoms with Gasteiger partial charge in [0.1, 0.15) is 0 Å². The first-order chi connectivity index (χ1) is 9.80. The molecule has 2 rings (SSSR count). The molecule has 0 saturated heterocycles. The molecule has 1 atom stereocenters. The van der Waals surface area contributed by atoms with E-state index in [1.54, 1.807) is 6.20 Å². The van der Waals surface area contributed by atoms with Crippen LogP contribution in [0.3, 0.4) is 0 Å². The van der Waals surface area contributed by atoms with Crippen molar-refractivity contribution < 1.29 is 9.47 Å². The summed E-state index contributed by atoms with van der Waals surface area (Å²) in [5.41, 5.74) is 4.48. The number of ether oxygens (including phenoxy) is 2. The molecule has 1 aromatic heterocycles. The van der Waals surface area contributed by atoms with Crippen LogP contribution in [0.2, 0.25) is 0 Å². The van der Waals surface area contributed by atoms with E-state index in [-0.39, 0.29) is 6.04 Å². The zero-order valence-electron chi connectivity index (χ0n) is 11.5. The van der Waals surface area contributed by atoms with Crippen molar-refractivity contribution in [1.82, 2.24) is 14.2 Å². The third-order valence-corrected chi connectivity index (χ3v) is 3.23. The Morgan fingerprint density at radius 2 is 2.00 bits per heavy atom. The number of hydrogen-bond acceptors (Lipinski definition) is 7. The van der Waals surface area contributed by atoms with Gasteiger partial charge in [0.25, 0.3) is 0 Å². The van der Waals surface area contributed by atoms with Crippen LogP contribution in [0.5, 0.6) is 11.5 Å². The number of nitrogens with one attached hydrogen (secondary N) is 1. The van der Waals surface area contributed by atoms with Crippen molar-refractivity contribution in [1.29, 1.82) is 0 Å². The van der Waals surface area contributed by atoms with Gasteiger partial charge < -0.3 is 9.47 Å². The first kappa shape index (κ1) is 14.7. The number of hydrogen-bond donors (Lipinski definition) is 2. The molecule has 1 heterocycles. The van der Waals surface area contributed by atoms with Gasteiger partial charge in [-0.15, -0.1) is 0 Å². The van der Waals surface area contributed by atoms with Crippen LogP contribution < -0.4 is 20.7 Å². The molecule has 1 unspecified atom stereocenters. The van der Waals surface area contributed by atoms with Gasteiger partial charge >= 0.3 is 0 Å². The summed E-state index contributed by atoms with van der Waals surface area (Å²) >= 11 is 1.15. The van der Waals surface area contributed by atoms with Crippen molar-refractivity contribution in [3.8, 4) is 11.5 Å². The molecule has 0 aliphatic heterocycles. The average molecular weight is 294 g/mol. The van der Waals surface area contributed by atoms with Gasteiger partial charge in [0.05, 0.1) is 42.9 Å². The van der Waals surface area contributed by atoms with Crippen LogP contribution in [0.4, 0.5) is 0 Å². The lowest BCUT2D eigenvalue weighted by Gasteiger charge is -2.17. The molecule has 0 spiro atoms. The van der Waals surface area contributed by atoms with Gasteiger partial charge in [0, 0.05) is 0 Å². The van der Waals surface area contributed by atoms with E-state index >= 15 is 0 Å². The lowest BCUT2D eigenvalue weighted by atomic mass is 10.0. The van der Waals surface area contributed by atoms with Crippen LogP contribution in [0, 0.1) is 0 Å². The molecule has 0 amide bonds. The molecule has 3 N–H and O–H groups in total. The summed E-state index contributed by atoms with van der Waals surface area (Å²) in [5, 5.41) is 0. The van der Waals surface area contributed by atoms with Gasteiger partial charge in [-0.1, -0.05) is 6.07 Å². The third-order valence-electron chi connectivity index (χ3n) is 2.74. The first-order valence-corrected chi connectivity index (χ1v) is 7.16. The summed E-state index contributed by atoms with van der Waals surface area (Å²) in [6.45, 7) is 5.04. The Balaban J connectivity index is 2.33. The highest BCUT2D eigenvalue weighted by molar-refractivity contribution is 6.99. The molecular weight excluding hydrogens is 276 g/mol. The summed E-state index contributed by atoms with van der Waals surface area (Å²) in [5.74, 6) is 7.06. The molecule has 1 aromatic carbocycles. The zero-order valence-corrected chi connectivity index (χ0v) is 12.3. The molecule has 0 aliphatic rings. The molecule has 7 heteroatoms. The van der Waals surface area contributed by atoms with Gasteiger partial charge in [-0.3, -0.25) is 5.84 Å². The number of nitrogens with zero attached hydrogens (tertiary/aromatic N) is 2. The third kappa shape index (κ3) is 3.24. The Hall–Kier alpha value is -1.70. The monoisotopic (exact) mass is 294 g/mol. The lowest BCUT2D eigenvalue weighted by Crippen LogP contribution is -2.29. The Morgan fingerprint density at radius 1 is 1.25 bits per heavy atom. The summed E-state index contributed by atoms with van der Waals surface area (Å²) in [4.78, 5) is 0. The van der Waals surface area contributed by atoms with Crippen molar-refractivity contribution in [3.05, 3.63) is 35.7 Å². The Morgan fingerprint density at radius 3 is 2.60 bits per heavy atom. The van der Waals surface area contributed by atoms with E-state index < -0.39 is 0 Å². The number of hydrazine groups is 1. The number of aromatic nitrogens is 2. The van der Waals surface area contributed by atoms with E-state index in [0.29, 0.717) is 19.0 Å². The second-order valence-electron chi connectivity index (χ2n) is 4.00. The van der Waals surface area contributed by atoms with Crippen LogP contribution in [0.15, 0.2) is 24.4 Å². The highest BCUT2D eigenvalue weighted by Gasteiger charge is 2.17. The summed E-state index contributed by atoms with van der Waals surface area (Å²) in [6, 6.07) is 5.52. The van der Waals surface area contributed by atoms with E-state index in [1.165, 1.54) is 0 Å². The van der Waals surface area contributed by atoms with E-state index in [2.05, 4.69) is 14.2 Å². The van der Waals surface area contributed by atoms with Crippen molar-refractivity contribution in [2.45, 2.75) is 19.9 Å². The maximum absolute atomic E-state index is 5.63. The van der Waals surface area contributed by atoms with E-state index in [0.717, 1.165) is 28.7 Å². The van der Waals surface area contributed by atoms with Crippen molar-refractivity contribution in [3.63, 3.8) is 0 Å². The summed E-state index contributed by atoms with van der Waals surface area (Å²) in [7, 11) is 0. The molecule has 0 aliphatic carbocycles. The van der Waals surface area contributed by atoms with Crippen LogP contribution in [0.25, 0.3) is 0 Å². The predicted molar refractivity (Wildman–Crippen MR) is 77.9 cm³/mol. The van der Waals surface area contributed by atoms with E-state index in [9.17, 15) is 0 Å². The maximum Gasteiger partial charge on any atom is 0.161 e. The second kappa shape index (κ2) is 7.18. The minimum atomic E-state index is -0.219. The first-order valence-electron chi connectivity index (χ1n) is 6.43. The number of rotatable bonds is 7. The minimum Gasteiger partial charge on any atom is -0.490 e. The zero-order chi connectivity index (χ0) is 14.4. The lowest BCUT2D eigenvalue weighted by molar-refractivity contribution is 0.287. The topological polar surface area (TPSA) is 82.3 Å². The van der Waals surface area contributed by atoms with Gasteiger partial charge in [-0.2, -0.15) is 8.75 Å². The van der Waals surface area contributed by atoms with Gasteiger partial charge in [0.2, 0.25) is 0 Å². The van der Waals surface area contributed by atoms with Gasteiger partial charge in [0.15, 0.2) is 11.5 Å². The number of nitrogens with two attached hydrogens (primary N) is 1. The molecule has 108 valence electrons. The standard InChI is InChI=1S/C13H18N4O2S/c1-3-18-11-6-5-9(7-12(11)19-4-2)13(16-14)10-8-15-20-17-10/h5-8,13,16H,3-4,14H2,1-2H3. The quantitative estimate of drug-likeness (QED) is 0.599. The Bertz CT molecular complexity index is 533. The normalized spacial score (nSPS) is 12.2. The van der Waals surface area contributed by atoms with Crippen LogP contribution in [-0.2, 0) is 0 Å². The van der Waals surface area contributed by atoms with E-state index in [1.807, 2.05) is 32.0 Å². The predicted octanol–water partition coefficient (Wildman–Crippen LogP) is 1.89. The van der Waals surface area contributed by atoms with Crippen molar-refractivity contribution in [2.75, 3.05) is 13.2 Å². The fraction of sp³-hybridized carbons (Fsp3) is 0.385. The highest BCUT2D eigenvalue weighted by Crippen LogP contribution is 2.32. The van der Waals surface area contributed by atoms with E-state index in [4.69, 9.17) is 15.3 Å². The van der Waals surface area contributed by atoms with Crippen LogP contribution in [-0.4, -0.2) is 22.0 Å². The SMILES string of the molecule is CCOc1ccc(C(NN)c2cnsn2)cc1OCC. The molecule has 6 nitrogen and oxygen atoms in total. The summed E-state index contributed by atoms with van der Waals surface area (Å²) in [6.07, 6.45) is 1.70. The smallest absolute Gasteiger partial charge is 0.161 e. The molecule has 0 fully saturated rings. The minimum absolute atomic E-state index is 0.219. The summed E-state index contributed by atoms with van der Waals surface area (Å²) < 4.78 is 19.4. The van der Waals surface area contributed by atoms with Gasteiger partial charge in [-0.05, 0) is 31.5 Å². The Labute approximate surface area is 122 Å². The fourth-order valence-electron chi connectivity index (χ4n) is 1.90. The average Bonchev–Trinajstić information content (AvgIpc) is 2.97. The van der Waals surface area contributed by atoms with Gasteiger partial charge in [-0.25, -0.2) is 5.43 Å². The molecule has 0 saturated carbocycles. The van der Waals surface area contributed by atoms with Crippen LogP contribution >= 0.6 is 11.7 Å². The van der Waals surface area contributed by atoms with Crippen LogP contribution in [0.1, 0.15) is 31.1 Å². The van der Waals surface area contributed by atoms with Crippen molar-refractivity contribution in [2.24, 2.45) is 5.84 Å². The number of benzene rings is 1. The molecule has 0 bridgehead atoms. The molecule has 0 radical (unpaired) electrons. The highest BCUT2D eigenvalue weighted by atomic mass is 32.1. The molecule has 20 heavy (non-hydrogen) atoms. The second-order valence-corrected chi connectivity index (χ2v) is 4.56. The maximum atomic E-state index is 5.63. The van der Waals surface area contributed by atoms with Crippen molar-refractivity contribution >= 4 is 11.7 Å². The molecular formula is C13H18N4O2S. The molecule has 2 aromatic rings. The Kier molecular flexibility index (Phi) is 5.28. The fourth-order valence-corrected chi connectivity index (χ4v) is 2.35.